The second-order valence-corrected chi connectivity index (χ2v) is 5.92. The molecular weight excluding hydrogens is 419 g/mol. The topological polar surface area (TPSA) is 114 Å². The van der Waals surface area contributed by atoms with Gasteiger partial charge in [-0.2, -0.15) is 18.3 Å². The van der Waals surface area contributed by atoms with E-state index in [-0.39, 0.29) is 6.61 Å². The number of nitrogens with zero attached hydrogens (tertiary/aromatic N) is 1. The molecule has 0 aliphatic heterocycles. The molecule has 0 atom stereocenters. The van der Waals surface area contributed by atoms with Gasteiger partial charge in [-0.3, -0.25) is 10.4 Å². The minimum absolute atomic E-state index is 0.197. The lowest BCUT2D eigenvalue weighted by Crippen LogP contribution is -2.21. The second kappa shape index (κ2) is 10.7. The standard InChI is InChI=1S/C18H17N3O3.C2HF3O2/c1-23-17-8-2-13(3-9-17)12-24-18(22)21-16-6-4-14(5-7-16)15-10-19-20-11-15;3-2(4,5)1(6)7/h2-11H,12H2,1H3,(H,19,20)(H,21,22);(H,6,7). The number of benzene rings is 2. The van der Waals surface area contributed by atoms with E-state index in [1.807, 2.05) is 54.7 Å². The van der Waals surface area contributed by atoms with Gasteiger partial charge in [0.25, 0.3) is 0 Å². The highest BCUT2D eigenvalue weighted by atomic mass is 19.4. The maximum Gasteiger partial charge on any atom is 0.490 e. The van der Waals surface area contributed by atoms with Crippen LogP contribution >= 0.6 is 0 Å². The first-order chi connectivity index (χ1) is 14.7. The summed E-state index contributed by atoms with van der Waals surface area (Å²) < 4.78 is 42.0. The number of carbonyl (C=O) groups excluding carboxylic acids is 1. The van der Waals surface area contributed by atoms with Gasteiger partial charge in [0.2, 0.25) is 0 Å². The van der Waals surface area contributed by atoms with Gasteiger partial charge in [0.05, 0.1) is 13.3 Å². The van der Waals surface area contributed by atoms with E-state index in [2.05, 4.69) is 15.5 Å². The fourth-order valence-electron chi connectivity index (χ4n) is 2.18. The van der Waals surface area contributed by atoms with Crippen LogP contribution in [-0.2, 0) is 16.1 Å². The van der Waals surface area contributed by atoms with Crippen LogP contribution in [0, 0.1) is 0 Å². The molecule has 0 aliphatic rings. The van der Waals surface area contributed by atoms with Crippen LogP contribution in [0.1, 0.15) is 5.56 Å². The van der Waals surface area contributed by atoms with Crippen molar-refractivity contribution in [2.24, 2.45) is 0 Å². The summed E-state index contributed by atoms with van der Waals surface area (Å²) in [5, 5.41) is 16.5. The van der Waals surface area contributed by atoms with Gasteiger partial charge in [0.1, 0.15) is 12.4 Å². The highest BCUT2D eigenvalue weighted by molar-refractivity contribution is 5.85. The third-order valence-electron chi connectivity index (χ3n) is 3.73. The first kappa shape index (κ1) is 23.3. The molecule has 0 fully saturated rings. The minimum Gasteiger partial charge on any atom is -0.497 e. The highest BCUT2D eigenvalue weighted by Crippen LogP contribution is 2.20. The Kier molecular flexibility index (Phi) is 8.01. The van der Waals surface area contributed by atoms with E-state index in [1.54, 1.807) is 13.3 Å². The van der Waals surface area contributed by atoms with Crippen molar-refractivity contribution in [2.45, 2.75) is 12.8 Å². The Morgan fingerprint density at radius 2 is 1.68 bits per heavy atom. The van der Waals surface area contributed by atoms with Crippen molar-refractivity contribution in [3.8, 4) is 16.9 Å². The molecule has 1 aromatic heterocycles. The molecule has 11 heteroatoms. The van der Waals surface area contributed by atoms with Gasteiger partial charge in [-0.05, 0) is 35.4 Å². The smallest absolute Gasteiger partial charge is 0.490 e. The van der Waals surface area contributed by atoms with Crippen LogP contribution in [0.15, 0.2) is 60.9 Å². The molecule has 1 amide bonds. The fourth-order valence-corrected chi connectivity index (χ4v) is 2.18. The van der Waals surface area contributed by atoms with Gasteiger partial charge >= 0.3 is 18.2 Å². The number of rotatable bonds is 5. The minimum atomic E-state index is -5.08. The lowest BCUT2D eigenvalue weighted by atomic mass is 10.1. The molecule has 3 rings (SSSR count). The van der Waals surface area contributed by atoms with E-state index >= 15 is 0 Å². The van der Waals surface area contributed by atoms with E-state index < -0.39 is 18.2 Å². The van der Waals surface area contributed by atoms with E-state index in [0.717, 1.165) is 22.4 Å². The maximum absolute atomic E-state index is 11.8. The number of carbonyl (C=O) groups is 2. The summed E-state index contributed by atoms with van der Waals surface area (Å²) in [5.41, 5.74) is 3.56. The number of hydrogen-bond donors (Lipinski definition) is 3. The first-order valence-electron chi connectivity index (χ1n) is 8.65. The number of nitrogens with one attached hydrogen (secondary N) is 2. The summed E-state index contributed by atoms with van der Waals surface area (Å²) in [7, 11) is 1.61. The Labute approximate surface area is 174 Å². The molecule has 164 valence electrons. The molecular formula is C20H18F3N3O5. The van der Waals surface area contributed by atoms with Crippen molar-refractivity contribution in [2.75, 3.05) is 12.4 Å². The van der Waals surface area contributed by atoms with E-state index in [4.69, 9.17) is 19.4 Å². The molecule has 0 unspecified atom stereocenters. The fraction of sp³-hybridized carbons (Fsp3) is 0.150. The normalized spacial score (nSPS) is 10.5. The summed E-state index contributed by atoms with van der Waals surface area (Å²) in [6.07, 6.45) is -2.03. The number of H-pyrrole nitrogens is 1. The molecule has 0 aliphatic carbocycles. The maximum atomic E-state index is 11.8. The van der Waals surface area contributed by atoms with Gasteiger partial charge in [-0.15, -0.1) is 0 Å². The van der Waals surface area contributed by atoms with Crippen LogP contribution in [0.2, 0.25) is 0 Å². The van der Waals surface area contributed by atoms with Gasteiger partial charge in [0.15, 0.2) is 0 Å². The van der Waals surface area contributed by atoms with Crippen LogP contribution in [0.3, 0.4) is 0 Å². The number of methoxy groups -OCH3 is 1. The molecule has 0 saturated heterocycles. The number of aliphatic carboxylic acids is 1. The molecule has 0 saturated carbocycles. The Balaban J connectivity index is 0.000000423. The van der Waals surface area contributed by atoms with Crippen LogP contribution in [0.25, 0.3) is 11.1 Å². The monoisotopic (exact) mass is 437 g/mol. The third-order valence-corrected chi connectivity index (χ3v) is 3.73. The summed E-state index contributed by atoms with van der Waals surface area (Å²) in [6, 6.07) is 14.8. The molecule has 0 radical (unpaired) electrons. The van der Waals surface area contributed by atoms with Crippen molar-refractivity contribution < 1.29 is 37.3 Å². The molecule has 8 nitrogen and oxygen atoms in total. The molecule has 2 aromatic carbocycles. The molecule has 3 N–H and O–H groups in total. The van der Waals surface area contributed by atoms with Crippen LogP contribution < -0.4 is 10.1 Å². The van der Waals surface area contributed by atoms with Crippen LogP contribution in [-0.4, -0.2) is 40.7 Å². The van der Waals surface area contributed by atoms with Crippen molar-refractivity contribution >= 4 is 17.7 Å². The zero-order chi connectivity index (χ0) is 22.9. The second-order valence-electron chi connectivity index (χ2n) is 5.92. The lowest BCUT2D eigenvalue weighted by Gasteiger charge is -2.08. The average molecular weight is 437 g/mol. The molecule has 0 bridgehead atoms. The van der Waals surface area contributed by atoms with Gasteiger partial charge < -0.3 is 14.6 Å². The summed E-state index contributed by atoms with van der Waals surface area (Å²) in [4.78, 5) is 20.7. The zero-order valence-corrected chi connectivity index (χ0v) is 16.1. The van der Waals surface area contributed by atoms with Gasteiger partial charge in [-0.1, -0.05) is 24.3 Å². The number of alkyl halides is 3. The number of carboxylic acid groups (broad SMARTS) is 1. The number of aromatic nitrogens is 2. The number of amides is 1. The van der Waals surface area contributed by atoms with Crippen molar-refractivity contribution in [3.63, 3.8) is 0 Å². The van der Waals surface area contributed by atoms with Crippen molar-refractivity contribution in [3.05, 3.63) is 66.5 Å². The van der Waals surface area contributed by atoms with Crippen LogP contribution in [0.4, 0.5) is 23.7 Å². The SMILES string of the molecule is COc1ccc(COC(=O)Nc2ccc(-c3cn[nH]c3)cc2)cc1.O=C(O)C(F)(F)F. The summed E-state index contributed by atoms with van der Waals surface area (Å²) in [5.74, 6) is -1.99. The lowest BCUT2D eigenvalue weighted by molar-refractivity contribution is -0.192. The number of hydrogen-bond acceptors (Lipinski definition) is 5. The van der Waals surface area contributed by atoms with E-state index in [0.29, 0.717) is 5.69 Å². The first-order valence-corrected chi connectivity index (χ1v) is 8.65. The van der Waals surface area contributed by atoms with E-state index in [1.165, 1.54) is 0 Å². The highest BCUT2D eigenvalue weighted by Gasteiger charge is 2.38. The Hall–Kier alpha value is -4.02. The predicted molar refractivity (Wildman–Crippen MR) is 105 cm³/mol. The van der Waals surface area contributed by atoms with Gasteiger partial charge in [-0.25, -0.2) is 9.59 Å². The van der Waals surface area contributed by atoms with Crippen molar-refractivity contribution in [1.82, 2.24) is 10.2 Å². The number of halogens is 3. The number of ether oxygens (including phenoxy) is 2. The molecule has 1 heterocycles. The molecule has 0 spiro atoms. The Bertz CT molecular complexity index is 973. The predicted octanol–water partition coefficient (Wildman–Crippen LogP) is 4.47. The molecule has 3 aromatic rings. The van der Waals surface area contributed by atoms with Gasteiger partial charge in [0, 0.05) is 17.4 Å². The number of anilines is 1. The molecule has 31 heavy (non-hydrogen) atoms. The van der Waals surface area contributed by atoms with Crippen molar-refractivity contribution in [1.29, 1.82) is 0 Å². The Morgan fingerprint density at radius 1 is 1.06 bits per heavy atom. The quantitative estimate of drug-likeness (QED) is 0.543. The third kappa shape index (κ3) is 7.72. The number of carboxylic acids is 1. The largest absolute Gasteiger partial charge is 0.497 e. The summed E-state index contributed by atoms with van der Waals surface area (Å²) in [6.45, 7) is 0.197. The summed E-state index contributed by atoms with van der Waals surface area (Å²) >= 11 is 0. The average Bonchev–Trinajstić information content (AvgIpc) is 3.28. The van der Waals surface area contributed by atoms with Crippen LogP contribution in [0.5, 0.6) is 5.75 Å². The Morgan fingerprint density at radius 3 is 2.16 bits per heavy atom. The van der Waals surface area contributed by atoms with E-state index in [9.17, 15) is 18.0 Å². The number of aromatic amines is 1. The zero-order valence-electron chi connectivity index (χ0n) is 16.1.